The molecule has 1 fully saturated rings. The predicted molar refractivity (Wildman–Crippen MR) is 84.7 cm³/mol. The van der Waals surface area contributed by atoms with Gasteiger partial charge in [0.2, 0.25) is 0 Å². The zero-order valence-electron chi connectivity index (χ0n) is 13.1. The largest absolute Gasteiger partial charge is 0.354 e. The first-order valence-electron chi connectivity index (χ1n) is 7.38. The molecule has 2 rings (SSSR count). The Bertz CT molecular complexity index is 630. The summed E-state index contributed by atoms with van der Waals surface area (Å²) >= 11 is 0. The molecule has 1 aromatic rings. The summed E-state index contributed by atoms with van der Waals surface area (Å²) in [5.74, 6) is 0.674. The summed E-state index contributed by atoms with van der Waals surface area (Å²) in [4.78, 5) is 22.1. The second kappa shape index (κ2) is 6.60. The smallest absolute Gasteiger partial charge is 0.271 e. The van der Waals surface area contributed by atoms with Crippen LogP contribution in [-0.4, -0.2) is 54.9 Å². The number of aromatic nitrogens is 2. The van der Waals surface area contributed by atoms with Gasteiger partial charge in [-0.05, 0) is 19.8 Å². The van der Waals surface area contributed by atoms with E-state index in [0.717, 1.165) is 6.42 Å². The maximum absolute atomic E-state index is 11.9. The van der Waals surface area contributed by atoms with E-state index >= 15 is 0 Å². The van der Waals surface area contributed by atoms with Crippen LogP contribution < -0.4 is 10.2 Å². The van der Waals surface area contributed by atoms with Crippen molar-refractivity contribution in [3.05, 3.63) is 18.1 Å². The Balaban J connectivity index is 2.04. The van der Waals surface area contributed by atoms with Gasteiger partial charge in [0.25, 0.3) is 5.91 Å². The van der Waals surface area contributed by atoms with Gasteiger partial charge in [0.1, 0.15) is 11.5 Å². The molecule has 1 N–H and O–H groups in total. The molecule has 22 heavy (non-hydrogen) atoms. The summed E-state index contributed by atoms with van der Waals surface area (Å²) in [6.07, 6.45) is 4.37. The van der Waals surface area contributed by atoms with Gasteiger partial charge in [-0.25, -0.2) is 18.4 Å². The molecule has 2 unspecified atom stereocenters. The van der Waals surface area contributed by atoms with Crippen LogP contribution in [0.4, 0.5) is 5.82 Å². The third kappa shape index (κ3) is 3.94. The molecule has 1 saturated heterocycles. The van der Waals surface area contributed by atoms with Crippen molar-refractivity contribution >= 4 is 21.6 Å². The molecule has 0 radical (unpaired) electrons. The Labute approximate surface area is 131 Å². The lowest BCUT2D eigenvalue weighted by molar-refractivity contribution is 0.0934. The third-order valence-electron chi connectivity index (χ3n) is 3.98. The maximum Gasteiger partial charge on any atom is 0.271 e. The van der Waals surface area contributed by atoms with Crippen molar-refractivity contribution in [3.63, 3.8) is 0 Å². The van der Waals surface area contributed by atoms with Crippen molar-refractivity contribution in [3.8, 4) is 0 Å². The molecule has 7 nitrogen and oxygen atoms in total. The predicted octanol–water partition coefficient (Wildman–Crippen LogP) is 0.628. The summed E-state index contributed by atoms with van der Waals surface area (Å²) in [6, 6.07) is -0.000522. The van der Waals surface area contributed by atoms with Crippen LogP contribution >= 0.6 is 0 Å². The van der Waals surface area contributed by atoms with Crippen molar-refractivity contribution in [2.45, 2.75) is 38.8 Å². The van der Waals surface area contributed by atoms with Crippen molar-refractivity contribution in [2.75, 3.05) is 23.5 Å². The topological polar surface area (TPSA) is 92.3 Å². The molecule has 1 aliphatic heterocycles. The monoisotopic (exact) mass is 326 g/mol. The SMILES string of the molecule is CCC(C)NC(=O)c1cnc(N(C)C2CCS(=O)(=O)C2)cn1. The average molecular weight is 326 g/mol. The molecule has 122 valence electrons. The van der Waals surface area contributed by atoms with Gasteiger partial charge in [-0.1, -0.05) is 6.92 Å². The van der Waals surface area contributed by atoms with Crippen LogP contribution in [0.15, 0.2) is 12.4 Å². The van der Waals surface area contributed by atoms with Crippen LogP contribution in [0.2, 0.25) is 0 Å². The van der Waals surface area contributed by atoms with E-state index in [9.17, 15) is 13.2 Å². The maximum atomic E-state index is 11.9. The van der Waals surface area contributed by atoms with Crippen LogP contribution in [-0.2, 0) is 9.84 Å². The normalized spacial score (nSPS) is 21.3. The minimum absolute atomic E-state index is 0.0837. The van der Waals surface area contributed by atoms with E-state index in [1.54, 1.807) is 7.05 Å². The van der Waals surface area contributed by atoms with E-state index in [1.165, 1.54) is 12.4 Å². The number of nitrogens with one attached hydrogen (secondary N) is 1. The van der Waals surface area contributed by atoms with E-state index in [1.807, 2.05) is 18.7 Å². The molecule has 0 spiro atoms. The average Bonchev–Trinajstić information content (AvgIpc) is 2.86. The van der Waals surface area contributed by atoms with Gasteiger partial charge in [0, 0.05) is 19.1 Å². The van der Waals surface area contributed by atoms with Crippen LogP contribution in [0.3, 0.4) is 0 Å². The van der Waals surface area contributed by atoms with Gasteiger partial charge in [-0.2, -0.15) is 0 Å². The lowest BCUT2D eigenvalue weighted by Crippen LogP contribution is -2.34. The minimum Gasteiger partial charge on any atom is -0.354 e. The Kier molecular flexibility index (Phi) is 5.00. The van der Waals surface area contributed by atoms with E-state index in [0.29, 0.717) is 12.2 Å². The summed E-state index contributed by atoms with van der Waals surface area (Å²) in [5, 5.41) is 2.83. The quantitative estimate of drug-likeness (QED) is 0.853. The zero-order valence-corrected chi connectivity index (χ0v) is 13.9. The number of carbonyl (C=O) groups is 1. The van der Waals surface area contributed by atoms with Crippen molar-refractivity contribution < 1.29 is 13.2 Å². The number of amides is 1. The van der Waals surface area contributed by atoms with E-state index in [2.05, 4.69) is 15.3 Å². The summed E-state index contributed by atoms with van der Waals surface area (Å²) in [7, 11) is -1.14. The fourth-order valence-electron chi connectivity index (χ4n) is 2.29. The number of sulfone groups is 1. The summed E-state index contributed by atoms with van der Waals surface area (Å²) in [6.45, 7) is 3.92. The first kappa shape index (κ1) is 16.7. The molecule has 1 aliphatic rings. The third-order valence-corrected chi connectivity index (χ3v) is 5.73. The van der Waals surface area contributed by atoms with E-state index < -0.39 is 9.84 Å². The number of hydrogen-bond donors (Lipinski definition) is 1. The van der Waals surface area contributed by atoms with Crippen LogP contribution in [0.25, 0.3) is 0 Å². The standard InChI is InChI=1S/C14H22N4O3S/c1-4-10(2)17-14(19)12-7-16-13(8-15-12)18(3)11-5-6-22(20,21)9-11/h7-8,10-11H,4-6,9H2,1-3H3,(H,17,19). The summed E-state index contributed by atoms with van der Waals surface area (Å²) < 4.78 is 23.1. The van der Waals surface area contributed by atoms with Gasteiger partial charge in [0.15, 0.2) is 9.84 Å². The van der Waals surface area contributed by atoms with Gasteiger partial charge in [0.05, 0.1) is 23.9 Å². The highest BCUT2D eigenvalue weighted by Crippen LogP contribution is 2.20. The number of rotatable bonds is 5. The van der Waals surface area contributed by atoms with Crippen molar-refractivity contribution in [2.24, 2.45) is 0 Å². The molecular weight excluding hydrogens is 304 g/mol. The molecule has 1 aromatic heterocycles. The minimum atomic E-state index is -2.94. The lowest BCUT2D eigenvalue weighted by Gasteiger charge is -2.24. The van der Waals surface area contributed by atoms with E-state index in [4.69, 9.17) is 0 Å². The first-order chi connectivity index (χ1) is 10.3. The molecule has 1 amide bonds. The Morgan fingerprint density at radius 2 is 2.18 bits per heavy atom. The number of nitrogens with zero attached hydrogens (tertiary/aromatic N) is 3. The molecular formula is C14H22N4O3S. The van der Waals surface area contributed by atoms with Gasteiger partial charge in [-0.15, -0.1) is 0 Å². The number of carbonyl (C=O) groups excluding carboxylic acids is 1. The Hall–Kier alpha value is -1.70. The molecule has 8 heteroatoms. The fourth-order valence-corrected chi connectivity index (χ4v) is 4.06. The lowest BCUT2D eigenvalue weighted by atomic mass is 10.2. The summed E-state index contributed by atoms with van der Waals surface area (Å²) in [5.41, 5.74) is 0.261. The molecule has 0 aromatic carbocycles. The highest BCUT2D eigenvalue weighted by atomic mass is 32.2. The Morgan fingerprint density at radius 3 is 2.68 bits per heavy atom. The Morgan fingerprint density at radius 1 is 1.45 bits per heavy atom. The van der Waals surface area contributed by atoms with Crippen LogP contribution in [0, 0.1) is 0 Å². The molecule has 2 atom stereocenters. The first-order valence-corrected chi connectivity index (χ1v) is 9.20. The molecule has 0 aliphatic carbocycles. The zero-order chi connectivity index (χ0) is 16.3. The second-order valence-electron chi connectivity index (χ2n) is 5.71. The van der Waals surface area contributed by atoms with Gasteiger partial charge < -0.3 is 10.2 Å². The van der Waals surface area contributed by atoms with Crippen LogP contribution in [0.1, 0.15) is 37.2 Å². The van der Waals surface area contributed by atoms with Crippen LogP contribution in [0.5, 0.6) is 0 Å². The van der Waals surface area contributed by atoms with Gasteiger partial charge in [-0.3, -0.25) is 4.79 Å². The fraction of sp³-hybridized carbons (Fsp3) is 0.643. The second-order valence-corrected chi connectivity index (χ2v) is 7.94. The number of hydrogen-bond acceptors (Lipinski definition) is 6. The molecule has 2 heterocycles. The molecule has 0 bridgehead atoms. The molecule has 0 saturated carbocycles. The number of anilines is 1. The van der Waals surface area contributed by atoms with Crippen molar-refractivity contribution in [1.82, 2.24) is 15.3 Å². The van der Waals surface area contributed by atoms with Crippen molar-refractivity contribution in [1.29, 1.82) is 0 Å². The highest BCUT2D eigenvalue weighted by molar-refractivity contribution is 7.91. The highest BCUT2D eigenvalue weighted by Gasteiger charge is 2.31. The van der Waals surface area contributed by atoms with E-state index in [-0.39, 0.29) is 35.2 Å². The van der Waals surface area contributed by atoms with Gasteiger partial charge >= 0.3 is 0 Å².